The van der Waals surface area contributed by atoms with Gasteiger partial charge in [-0.05, 0) is 46.7 Å². The van der Waals surface area contributed by atoms with Crippen LogP contribution in [0.15, 0.2) is 54.7 Å². The summed E-state index contributed by atoms with van der Waals surface area (Å²) in [4.78, 5) is 16.5. The molecule has 174 valence electrons. The van der Waals surface area contributed by atoms with Crippen molar-refractivity contribution in [2.45, 2.75) is 52.4 Å². The van der Waals surface area contributed by atoms with Crippen molar-refractivity contribution < 1.29 is 19.4 Å². The number of ether oxygens (including phenoxy) is 2. The van der Waals surface area contributed by atoms with Crippen molar-refractivity contribution in [2.75, 3.05) is 12.4 Å². The second-order valence-corrected chi connectivity index (χ2v) is 10.0. The number of benzene rings is 2. The first-order valence-corrected chi connectivity index (χ1v) is 10.9. The molecule has 1 aromatic heterocycles. The molecular weight excluding hydrogens is 416 g/mol. The summed E-state index contributed by atoms with van der Waals surface area (Å²) in [6.07, 6.45) is 1.40. The number of aromatic hydroxyl groups is 1. The number of pyridine rings is 1. The zero-order valence-electron chi connectivity index (χ0n) is 20.3. The van der Waals surface area contributed by atoms with E-state index in [1.54, 1.807) is 24.3 Å². The van der Waals surface area contributed by atoms with Crippen LogP contribution in [0.2, 0.25) is 0 Å². The number of anilines is 1. The number of carbonyl (C=O) groups excluding carboxylic acids is 1. The molecule has 0 atom stereocenters. The molecule has 0 saturated heterocycles. The van der Waals surface area contributed by atoms with Crippen molar-refractivity contribution in [2.24, 2.45) is 0 Å². The van der Waals surface area contributed by atoms with Gasteiger partial charge in [0.25, 0.3) is 5.91 Å². The molecule has 2 N–H and O–H groups in total. The topological polar surface area (TPSA) is 80.7 Å². The van der Waals surface area contributed by atoms with Crippen molar-refractivity contribution in [1.82, 2.24) is 4.98 Å². The highest BCUT2D eigenvalue weighted by Gasteiger charge is 2.23. The van der Waals surface area contributed by atoms with Gasteiger partial charge in [-0.1, -0.05) is 53.7 Å². The third kappa shape index (κ3) is 5.64. The van der Waals surface area contributed by atoms with Crippen LogP contribution in [0.4, 0.5) is 5.69 Å². The number of hydrogen-bond donors (Lipinski definition) is 2. The Morgan fingerprint density at radius 1 is 0.909 bits per heavy atom. The van der Waals surface area contributed by atoms with Gasteiger partial charge >= 0.3 is 0 Å². The van der Waals surface area contributed by atoms with Crippen LogP contribution in [0.1, 0.15) is 63.2 Å². The molecule has 0 radical (unpaired) electrons. The quantitative estimate of drug-likeness (QED) is 0.470. The highest BCUT2D eigenvalue weighted by Crippen LogP contribution is 2.37. The van der Waals surface area contributed by atoms with Crippen LogP contribution in [-0.2, 0) is 10.8 Å². The Bertz CT molecular complexity index is 1140. The van der Waals surface area contributed by atoms with E-state index in [1.807, 2.05) is 6.07 Å². The average Bonchev–Trinajstić information content (AvgIpc) is 2.74. The molecule has 0 bridgehead atoms. The molecule has 0 aliphatic carbocycles. The lowest BCUT2D eigenvalue weighted by Crippen LogP contribution is -2.17. The maximum Gasteiger partial charge on any atom is 0.278 e. The van der Waals surface area contributed by atoms with E-state index >= 15 is 0 Å². The van der Waals surface area contributed by atoms with E-state index in [4.69, 9.17) is 9.47 Å². The minimum atomic E-state index is -0.534. The summed E-state index contributed by atoms with van der Waals surface area (Å²) in [5, 5.41) is 12.9. The predicted molar refractivity (Wildman–Crippen MR) is 131 cm³/mol. The lowest BCUT2D eigenvalue weighted by molar-refractivity contribution is 0.101. The molecule has 6 heteroatoms. The molecule has 0 spiro atoms. The Kier molecular flexibility index (Phi) is 6.68. The van der Waals surface area contributed by atoms with Gasteiger partial charge in [-0.2, -0.15) is 0 Å². The Morgan fingerprint density at radius 2 is 1.58 bits per heavy atom. The summed E-state index contributed by atoms with van der Waals surface area (Å²) >= 11 is 0. The third-order valence-corrected chi connectivity index (χ3v) is 5.32. The highest BCUT2D eigenvalue weighted by molar-refractivity contribution is 6.05. The number of nitrogens with one attached hydrogen (secondary N) is 1. The second-order valence-electron chi connectivity index (χ2n) is 10.0. The smallest absolute Gasteiger partial charge is 0.278 e. The van der Waals surface area contributed by atoms with Gasteiger partial charge in [0, 0.05) is 23.5 Å². The van der Waals surface area contributed by atoms with Gasteiger partial charge in [0.05, 0.1) is 7.11 Å². The molecule has 1 heterocycles. The monoisotopic (exact) mass is 448 g/mol. The Balaban J connectivity index is 1.79. The fourth-order valence-electron chi connectivity index (χ4n) is 3.36. The Hall–Kier alpha value is -3.54. The summed E-state index contributed by atoms with van der Waals surface area (Å²) in [5.74, 6) is 0.812. The SMILES string of the molecule is COc1ccnc(C(=O)Nc2ccc(Oc3ccc(C(C)(C)C)cc3C(C)(C)C)cc2)c1O. The van der Waals surface area contributed by atoms with Crippen LogP contribution >= 0.6 is 0 Å². The molecule has 3 aromatic rings. The molecule has 0 aliphatic heterocycles. The summed E-state index contributed by atoms with van der Waals surface area (Å²) < 4.78 is 11.2. The number of methoxy groups -OCH3 is 1. The summed E-state index contributed by atoms with van der Waals surface area (Å²) in [5.41, 5.74) is 2.79. The zero-order chi connectivity index (χ0) is 24.4. The molecule has 0 unspecified atom stereocenters. The van der Waals surface area contributed by atoms with Crippen molar-refractivity contribution >= 4 is 11.6 Å². The van der Waals surface area contributed by atoms with Gasteiger partial charge in [0.15, 0.2) is 17.2 Å². The first-order valence-electron chi connectivity index (χ1n) is 10.9. The highest BCUT2D eigenvalue weighted by atomic mass is 16.5. The van der Waals surface area contributed by atoms with E-state index in [0.717, 1.165) is 11.3 Å². The van der Waals surface area contributed by atoms with Crippen LogP contribution in [0.3, 0.4) is 0 Å². The zero-order valence-corrected chi connectivity index (χ0v) is 20.3. The minimum Gasteiger partial charge on any atom is -0.503 e. The number of hydrogen-bond acceptors (Lipinski definition) is 5. The first-order chi connectivity index (χ1) is 15.4. The van der Waals surface area contributed by atoms with Crippen LogP contribution in [0.5, 0.6) is 23.0 Å². The van der Waals surface area contributed by atoms with Crippen LogP contribution in [0, 0.1) is 0 Å². The van der Waals surface area contributed by atoms with Crippen LogP contribution in [-0.4, -0.2) is 23.1 Å². The standard InChI is InChI=1S/C27H32N2O4/c1-26(2,3)17-8-13-21(20(16-17)27(4,5)6)33-19-11-9-18(10-12-19)29-25(31)23-24(30)22(32-7)14-15-28-23/h8-16,30H,1-7H3,(H,29,31). The van der Waals surface area contributed by atoms with E-state index in [9.17, 15) is 9.90 Å². The maximum absolute atomic E-state index is 12.5. The molecule has 1 amide bonds. The van der Waals surface area contributed by atoms with Crippen molar-refractivity contribution in [3.05, 3.63) is 71.5 Å². The van der Waals surface area contributed by atoms with E-state index in [1.165, 1.54) is 24.9 Å². The molecule has 0 saturated carbocycles. The number of carbonyl (C=O) groups is 1. The largest absolute Gasteiger partial charge is 0.503 e. The van der Waals surface area contributed by atoms with Crippen LogP contribution < -0.4 is 14.8 Å². The molecule has 6 nitrogen and oxygen atoms in total. The van der Waals surface area contributed by atoms with E-state index in [0.29, 0.717) is 11.4 Å². The van der Waals surface area contributed by atoms with Crippen molar-refractivity contribution in [3.8, 4) is 23.0 Å². The van der Waals surface area contributed by atoms with Gasteiger partial charge in [-0.3, -0.25) is 4.79 Å². The summed E-state index contributed by atoms with van der Waals surface area (Å²) in [6, 6.07) is 14.9. The van der Waals surface area contributed by atoms with Crippen molar-refractivity contribution in [3.63, 3.8) is 0 Å². The number of amides is 1. The fraction of sp³-hybridized carbons (Fsp3) is 0.333. The van der Waals surface area contributed by atoms with E-state index in [2.05, 4.69) is 64.0 Å². The third-order valence-electron chi connectivity index (χ3n) is 5.32. The second kappa shape index (κ2) is 9.14. The minimum absolute atomic E-state index is 0.0461. The number of rotatable bonds is 5. The van der Waals surface area contributed by atoms with Crippen molar-refractivity contribution in [1.29, 1.82) is 0 Å². The normalized spacial score (nSPS) is 11.7. The number of aromatic nitrogens is 1. The van der Waals surface area contributed by atoms with E-state index < -0.39 is 5.91 Å². The van der Waals surface area contributed by atoms with Gasteiger partial charge in [-0.15, -0.1) is 0 Å². The average molecular weight is 449 g/mol. The van der Waals surface area contributed by atoms with Gasteiger partial charge in [-0.25, -0.2) is 4.98 Å². The molecular formula is C27H32N2O4. The maximum atomic E-state index is 12.5. The molecule has 0 fully saturated rings. The summed E-state index contributed by atoms with van der Waals surface area (Å²) in [7, 11) is 1.41. The van der Waals surface area contributed by atoms with E-state index in [-0.39, 0.29) is 28.0 Å². The van der Waals surface area contributed by atoms with Crippen LogP contribution in [0.25, 0.3) is 0 Å². The van der Waals surface area contributed by atoms with Gasteiger partial charge in [0.1, 0.15) is 11.5 Å². The molecule has 33 heavy (non-hydrogen) atoms. The van der Waals surface area contributed by atoms with Gasteiger partial charge < -0.3 is 19.9 Å². The Labute approximate surface area is 195 Å². The Morgan fingerprint density at radius 3 is 2.15 bits per heavy atom. The number of nitrogens with zero attached hydrogens (tertiary/aromatic N) is 1. The molecule has 2 aromatic carbocycles. The van der Waals surface area contributed by atoms with Gasteiger partial charge in [0.2, 0.25) is 0 Å². The summed E-state index contributed by atoms with van der Waals surface area (Å²) in [6.45, 7) is 13.1. The lowest BCUT2D eigenvalue weighted by Gasteiger charge is -2.27. The lowest BCUT2D eigenvalue weighted by atomic mass is 9.80. The molecule has 0 aliphatic rings. The molecule has 3 rings (SSSR count). The fourth-order valence-corrected chi connectivity index (χ4v) is 3.36. The predicted octanol–water partition coefficient (Wildman–Crippen LogP) is 6.44. The first kappa shape index (κ1) is 24.1.